The summed E-state index contributed by atoms with van der Waals surface area (Å²) in [7, 11) is 0. The largest absolute Gasteiger partial charge is 0.398 e. The second-order valence-corrected chi connectivity index (χ2v) is 4.41. The van der Waals surface area contributed by atoms with Gasteiger partial charge in [0.05, 0.1) is 17.3 Å². The first-order valence-corrected chi connectivity index (χ1v) is 6.21. The lowest BCUT2D eigenvalue weighted by molar-refractivity contribution is 0.102. The Kier molecular flexibility index (Phi) is 3.19. The van der Waals surface area contributed by atoms with Crippen molar-refractivity contribution in [3.63, 3.8) is 0 Å². The number of nitrogens with two attached hydrogens (primary N) is 1. The number of aromatic nitrogens is 2. The fourth-order valence-electron chi connectivity index (χ4n) is 2.08. The molecule has 6 heteroatoms. The minimum absolute atomic E-state index is 0.0128. The second-order valence-electron chi connectivity index (χ2n) is 4.41. The highest BCUT2D eigenvalue weighted by molar-refractivity contribution is 6.13. The summed E-state index contributed by atoms with van der Waals surface area (Å²) >= 11 is 0. The molecule has 0 saturated carbocycles. The normalized spacial score (nSPS) is 10.5. The van der Waals surface area contributed by atoms with Gasteiger partial charge < -0.3 is 11.1 Å². The third-order valence-corrected chi connectivity index (χ3v) is 3.04. The van der Waals surface area contributed by atoms with Gasteiger partial charge in [0.15, 0.2) is 0 Å². The molecule has 2 aromatic heterocycles. The Bertz CT molecular complexity index is 821. The van der Waals surface area contributed by atoms with Gasteiger partial charge in [0.25, 0.3) is 5.91 Å². The molecule has 0 radical (unpaired) electrons. The standard InChI is InChI=1S/C15H11FN4O/c16-11-3-4-12(17)10-5-7-19-14(13(10)11)15(21)20-9-2-1-6-18-8-9/h1-8H,17H2,(H,20,21). The lowest BCUT2D eigenvalue weighted by Crippen LogP contribution is -2.15. The molecule has 3 N–H and O–H groups in total. The number of fused-ring (bicyclic) bond motifs is 1. The average Bonchev–Trinajstić information content (AvgIpc) is 2.51. The lowest BCUT2D eigenvalue weighted by Gasteiger charge is -2.09. The molecule has 3 rings (SSSR count). The summed E-state index contributed by atoms with van der Waals surface area (Å²) < 4.78 is 14.0. The van der Waals surface area contributed by atoms with E-state index < -0.39 is 11.7 Å². The van der Waals surface area contributed by atoms with Crippen LogP contribution in [0.1, 0.15) is 10.5 Å². The second kappa shape index (κ2) is 5.16. The van der Waals surface area contributed by atoms with E-state index in [9.17, 15) is 9.18 Å². The fourth-order valence-corrected chi connectivity index (χ4v) is 2.08. The molecule has 3 aromatic rings. The first kappa shape index (κ1) is 13.0. The van der Waals surface area contributed by atoms with Gasteiger partial charge in [-0.3, -0.25) is 14.8 Å². The van der Waals surface area contributed by atoms with Crippen LogP contribution in [0.2, 0.25) is 0 Å². The molecule has 0 aliphatic carbocycles. The number of halogens is 1. The number of rotatable bonds is 2. The average molecular weight is 282 g/mol. The minimum Gasteiger partial charge on any atom is -0.398 e. The molecule has 2 heterocycles. The van der Waals surface area contributed by atoms with Gasteiger partial charge in [-0.1, -0.05) is 0 Å². The molecule has 0 spiro atoms. The van der Waals surface area contributed by atoms with Crippen LogP contribution < -0.4 is 11.1 Å². The van der Waals surface area contributed by atoms with Crippen molar-refractivity contribution >= 4 is 28.1 Å². The van der Waals surface area contributed by atoms with Crippen molar-refractivity contribution in [3.05, 3.63) is 60.4 Å². The molecule has 0 aliphatic heterocycles. The van der Waals surface area contributed by atoms with E-state index in [1.165, 1.54) is 24.5 Å². The number of anilines is 2. The number of hydrogen-bond acceptors (Lipinski definition) is 4. The molecule has 0 saturated heterocycles. The zero-order chi connectivity index (χ0) is 14.8. The summed E-state index contributed by atoms with van der Waals surface area (Å²) in [5, 5.41) is 3.20. The summed E-state index contributed by atoms with van der Waals surface area (Å²) in [5.41, 5.74) is 6.70. The fraction of sp³-hybridized carbons (Fsp3) is 0. The maximum absolute atomic E-state index is 14.0. The van der Waals surface area contributed by atoms with Gasteiger partial charge in [-0.2, -0.15) is 0 Å². The van der Waals surface area contributed by atoms with Crippen molar-refractivity contribution in [1.82, 2.24) is 9.97 Å². The number of carbonyl (C=O) groups excluding carboxylic acids is 1. The maximum atomic E-state index is 14.0. The number of nitrogen functional groups attached to an aromatic ring is 1. The number of nitrogens with one attached hydrogen (secondary N) is 1. The van der Waals surface area contributed by atoms with E-state index in [4.69, 9.17) is 5.73 Å². The first-order valence-electron chi connectivity index (χ1n) is 6.21. The first-order chi connectivity index (χ1) is 10.2. The zero-order valence-electron chi connectivity index (χ0n) is 10.9. The Balaban J connectivity index is 2.08. The molecular formula is C15H11FN4O. The van der Waals surface area contributed by atoms with Crippen LogP contribution in [0.25, 0.3) is 10.8 Å². The Labute approximate surface area is 119 Å². The van der Waals surface area contributed by atoms with E-state index in [1.54, 1.807) is 24.4 Å². The van der Waals surface area contributed by atoms with Gasteiger partial charge in [-0.25, -0.2) is 4.39 Å². The van der Waals surface area contributed by atoms with Crippen LogP contribution in [-0.2, 0) is 0 Å². The van der Waals surface area contributed by atoms with Gasteiger partial charge >= 0.3 is 0 Å². The third-order valence-electron chi connectivity index (χ3n) is 3.04. The smallest absolute Gasteiger partial charge is 0.275 e. The lowest BCUT2D eigenvalue weighted by atomic mass is 10.1. The summed E-state index contributed by atoms with van der Waals surface area (Å²) in [6, 6.07) is 7.63. The Morgan fingerprint density at radius 1 is 1.19 bits per heavy atom. The van der Waals surface area contributed by atoms with Gasteiger partial charge in [-0.15, -0.1) is 0 Å². The molecule has 0 atom stereocenters. The molecular weight excluding hydrogens is 271 g/mol. The van der Waals surface area contributed by atoms with Crippen LogP contribution in [0, 0.1) is 5.82 Å². The monoisotopic (exact) mass is 282 g/mol. The van der Waals surface area contributed by atoms with Crippen LogP contribution in [-0.4, -0.2) is 15.9 Å². The number of pyridine rings is 2. The minimum atomic E-state index is -0.538. The highest BCUT2D eigenvalue weighted by Crippen LogP contribution is 2.26. The highest BCUT2D eigenvalue weighted by Gasteiger charge is 2.16. The number of hydrogen-bond donors (Lipinski definition) is 2. The zero-order valence-corrected chi connectivity index (χ0v) is 10.9. The molecule has 1 amide bonds. The van der Waals surface area contributed by atoms with E-state index in [1.807, 2.05) is 0 Å². The topological polar surface area (TPSA) is 80.9 Å². The van der Waals surface area contributed by atoms with Crippen molar-refractivity contribution in [2.24, 2.45) is 0 Å². The van der Waals surface area contributed by atoms with Crippen LogP contribution >= 0.6 is 0 Å². The van der Waals surface area contributed by atoms with Gasteiger partial charge in [0, 0.05) is 23.5 Å². The van der Waals surface area contributed by atoms with Crippen LogP contribution in [0.4, 0.5) is 15.8 Å². The van der Waals surface area contributed by atoms with Crippen molar-refractivity contribution in [3.8, 4) is 0 Å². The summed E-state index contributed by atoms with van der Waals surface area (Å²) in [6.07, 6.45) is 4.51. The van der Waals surface area contributed by atoms with E-state index >= 15 is 0 Å². The third kappa shape index (κ3) is 2.38. The number of nitrogens with zero attached hydrogens (tertiary/aromatic N) is 2. The Morgan fingerprint density at radius 2 is 2.05 bits per heavy atom. The molecule has 0 aliphatic rings. The molecule has 5 nitrogen and oxygen atoms in total. The highest BCUT2D eigenvalue weighted by atomic mass is 19.1. The van der Waals surface area contributed by atoms with Gasteiger partial charge in [0.1, 0.15) is 11.5 Å². The molecule has 0 unspecified atom stereocenters. The SMILES string of the molecule is Nc1ccc(F)c2c(C(=O)Nc3cccnc3)nccc12. The quantitative estimate of drug-likeness (QED) is 0.708. The number of carbonyl (C=O) groups is 1. The maximum Gasteiger partial charge on any atom is 0.275 e. The summed E-state index contributed by atoms with van der Waals surface area (Å²) in [5.74, 6) is -1.05. The van der Waals surface area contributed by atoms with Crippen molar-refractivity contribution < 1.29 is 9.18 Å². The van der Waals surface area contributed by atoms with Crippen LogP contribution in [0.5, 0.6) is 0 Å². The van der Waals surface area contributed by atoms with E-state index in [2.05, 4.69) is 15.3 Å². The van der Waals surface area contributed by atoms with Crippen LogP contribution in [0.15, 0.2) is 48.9 Å². The van der Waals surface area contributed by atoms with E-state index in [0.29, 0.717) is 16.8 Å². The van der Waals surface area contributed by atoms with Crippen molar-refractivity contribution in [2.45, 2.75) is 0 Å². The van der Waals surface area contributed by atoms with Crippen molar-refractivity contribution in [1.29, 1.82) is 0 Å². The number of amides is 1. The molecule has 0 fully saturated rings. The van der Waals surface area contributed by atoms with Crippen molar-refractivity contribution in [2.75, 3.05) is 11.1 Å². The van der Waals surface area contributed by atoms with E-state index in [0.717, 1.165) is 0 Å². The molecule has 0 bridgehead atoms. The summed E-state index contributed by atoms with van der Waals surface area (Å²) in [6.45, 7) is 0. The van der Waals surface area contributed by atoms with Gasteiger partial charge in [-0.05, 0) is 30.3 Å². The predicted molar refractivity (Wildman–Crippen MR) is 78.3 cm³/mol. The van der Waals surface area contributed by atoms with Gasteiger partial charge in [0.2, 0.25) is 0 Å². The Morgan fingerprint density at radius 3 is 2.81 bits per heavy atom. The molecule has 21 heavy (non-hydrogen) atoms. The number of benzene rings is 1. The van der Waals surface area contributed by atoms with Crippen LogP contribution in [0.3, 0.4) is 0 Å². The Hall–Kier alpha value is -3.02. The predicted octanol–water partition coefficient (Wildman–Crippen LogP) is 2.60. The summed E-state index contributed by atoms with van der Waals surface area (Å²) in [4.78, 5) is 20.2. The molecule has 1 aromatic carbocycles. The molecule has 104 valence electrons. The van der Waals surface area contributed by atoms with E-state index in [-0.39, 0.29) is 11.1 Å².